The van der Waals surface area contributed by atoms with Gasteiger partial charge in [0, 0.05) is 11.2 Å². The maximum absolute atomic E-state index is 5.83. The Bertz CT molecular complexity index is 288. The number of hydrogen-bond acceptors (Lipinski definition) is 2. The number of hydrogen-bond donors (Lipinski definition) is 0. The van der Waals surface area contributed by atoms with Gasteiger partial charge < -0.3 is 4.74 Å². The minimum atomic E-state index is 0.246. The summed E-state index contributed by atoms with van der Waals surface area (Å²) in [5, 5.41) is 0.704. The van der Waals surface area contributed by atoms with Crippen molar-refractivity contribution in [3.63, 3.8) is 0 Å². The van der Waals surface area contributed by atoms with Crippen molar-refractivity contribution < 1.29 is 4.74 Å². The Labute approximate surface area is 90.3 Å². The molecular weight excluding hydrogens is 198 g/mol. The van der Waals surface area contributed by atoms with Gasteiger partial charge in [-0.3, -0.25) is 4.98 Å². The van der Waals surface area contributed by atoms with Crippen molar-refractivity contribution >= 4 is 11.6 Å². The number of ether oxygens (including phenoxy) is 1. The first-order chi connectivity index (χ1) is 6.59. The molecule has 1 aromatic heterocycles. The lowest BCUT2D eigenvalue weighted by Gasteiger charge is -2.16. The molecule has 2 nitrogen and oxygen atoms in total. The Balaban J connectivity index is 2.45. The van der Waals surface area contributed by atoms with Crippen molar-refractivity contribution in [2.24, 2.45) is 5.92 Å². The van der Waals surface area contributed by atoms with Gasteiger partial charge in [-0.05, 0) is 25.0 Å². The van der Waals surface area contributed by atoms with E-state index in [-0.39, 0.29) is 6.10 Å². The molecule has 0 N–H and O–H groups in total. The average molecular weight is 214 g/mol. The molecule has 14 heavy (non-hydrogen) atoms. The maximum atomic E-state index is 5.83. The minimum absolute atomic E-state index is 0.246. The van der Waals surface area contributed by atoms with Crippen LogP contribution in [0.1, 0.15) is 26.5 Å². The fourth-order valence-corrected chi connectivity index (χ4v) is 1.12. The first kappa shape index (κ1) is 11.5. The molecule has 0 aliphatic carbocycles. The number of aromatic nitrogens is 1. The number of pyridine rings is 1. The van der Waals surface area contributed by atoms with Gasteiger partial charge in [0.2, 0.25) is 0 Å². The topological polar surface area (TPSA) is 22.1 Å². The standard InChI is InChI=1S/C11H16ClNO/c1-8(2)9(3)14-7-11-6-10(12)4-5-13-11/h4-6,8-9H,7H2,1-3H3. The highest BCUT2D eigenvalue weighted by Crippen LogP contribution is 2.11. The van der Waals surface area contributed by atoms with Crippen LogP contribution in [0.2, 0.25) is 5.02 Å². The second-order valence-corrected chi connectivity index (χ2v) is 4.16. The Morgan fingerprint density at radius 2 is 2.14 bits per heavy atom. The highest BCUT2D eigenvalue weighted by molar-refractivity contribution is 6.30. The highest BCUT2D eigenvalue weighted by Gasteiger charge is 2.07. The Kier molecular flexibility index (Phi) is 4.36. The van der Waals surface area contributed by atoms with Crippen LogP contribution in [0.5, 0.6) is 0 Å². The summed E-state index contributed by atoms with van der Waals surface area (Å²) in [5.74, 6) is 0.522. The van der Waals surface area contributed by atoms with Crippen LogP contribution in [0.3, 0.4) is 0 Å². The zero-order valence-electron chi connectivity index (χ0n) is 8.83. The second kappa shape index (κ2) is 5.32. The predicted molar refractivity (Wildman–Crippen MR) is 58.3 cm³/mol. The van der Waals surface area contributed by atoms with Crippen molar-refractivity contribution in [3.8, 4) is 0 Å². The van der Waals surface area contributed by atoms with Crippen molar-refractivity contribution in [3.05, 3.63) is 29.0 Å². The fraction of sp³-hybridized carbons (Fsp3) is 0.545. The summed E-state index contributed by atoms with van der Waals surface area (Å²) in [6, 6.07) is 3.59. The lowest BCUT2D eigenvalue weighted by Crippen LogP contribution is -2.15. The molecule has 1 unspecified atom stereocenters. The Hall–Kier alpha value is -0.600. The van der Waals surface area contributed by atoms with Gasteiger partial charge in [-0.1, -0.05) is 25.4 Å². The largest absolute Gasteiger partial charge is 0.372 e. The molecule has 78 valence electrons. The summed E-state index contributed by atoms with van der Waals surface area (Å²) in [4.78, 5) is 4.16. The third-order valence-corrected chi connectivity index (χ3v) is 2.45. The van der Waals surface area contributed by atoms with E-state index in [0.717, 1.165) is 5.69 Å². The SMILES string of the molecule is CC(C)C(C)OCc1cc(Cl)ccn1. The van der Waals surface area contributed by atoms with E-state index < -0.39 is 0 Å². The van der Waals surface area contributed by atoms with Gasteiger partial charge in [-0.15, -0.1) is 0 Å². The number of rotatable bonds is 4. The third-order valence-electron chi connectivity index (χ3n) is 2.21. The molecule has 0 aromatic carbocycles. The molecular formula is C11H16ClNO. The first-order valence-corrected chi connectivity index (χ1v) is 5.19. The van der Waals surface area contributed by atoms with Crippen molar-refractivity contribution in [1.29, 1.82) is 0 Å². The van der Waals surface area contributed by atoms with Crippen LogP contribution in [0.25, 0.3) is 0 Å². The van der Waals surface area contributed by atoms with Gasteiger partial charge in [0.1, 0.15) is 0 Å². The molecule has 1 aromatic rings. The number of nitrogens with zero attached hydrogens (tertiary/aromatic N) is 1. The third kappa shape index (κ3) is 3.64. The van der Waals surface area contributed by atoms with Crippen LogP contribution in [0.15, 0.2) is 18.3 Å². The van der Waals surface area contributed by atoms with E-state index in [1.807, 2.05) is 6.07 Å². The van der Waals surface area contributed by atoms with Crippen LogP contribution < -0.4 is 0 Å². The van der Waals surface area contributed by atoms with Crippen LogP contribution in [0.4, 0.5) is 0 Å². The quantitative estimate of drug-likeness (QED) is 0.766. The lowest BCUT2D eigenvalue weighted by molar-refractivity contribution is 0.0218. The summed E-state index contributed by atoms with van der Waals surface area (Å²) in [6.45, 7) is 6.86. The van der Waals surface area contributed by atoms with E-state index in [1.165, 1.54) is 0 Å². The molecule has 0 radical (unpaired) electrons. The van der Waals surface area contributed by atoms with Crippen molar-refractivity contribution in [2.75, 3.05) is 0 Å². The monoisotopic (exact) mass is 213 g/mol. The molecule has 0 spiro atoms. The van der Waals surface area contributed by atoms with Gasteiger partial charge in [-0.2, -0.15) is 0 Å². The fourth-order valence-electron chi connectivity index (χ4n) is 0.937. The zero-order valence-corrected chi connectivity index (χ0v) is 9.58. The molecule has 0 aliphatic rings. The minimum Gasteiger partial charge on any atom is -0.372 e. The predicted octanol–water partition coefficient (Wildman–Crippen LogP) is 3.30. The Morgan fingerprint density at radius 1 is 1.43 bits per heavy atom. The molecule has 0 amide bonds. The molecule has 3 heteroatoms. The van der Waals surface area contributed by atoms with Crippen LogP contribution in [-0.4, -0.2) is 11.1 Å². The maximum Gasteiger partial charge on any atom is 0.0892 e. The molecule has 0 saturated carbocycles. The normalized spacial score (nSPS) is 13.2. The van der Waals surface area contributed by atoms with Crippen LogP contribution >= 0.6 is 11.6 Å². The highest BCUT2D eigenvalue weighted by atomic mass is 35.5. The molecule has 1 heterocycles. The van der Waals surface area contributed by atoms with Gasteiger partial charge in [-0.25, -0.2) is 0 Å². The van der Waals surface area contributed by atoms with Gasteiger partial charge in [0.25, 0.3) is 0 Å². The zero-order chi connectivity index (χ0) is 10.6. The molecule has 0 fully saturated rings. The van der Waals surface area contributed by atoms with Gasteiger partial charge in [0.15, 0.2) is 0 Å². The van der Waals surface area contributed by atoms with E-state index in [2.05, 4.69) is 25.8 Å². The Morgan fingerprint density at radius 3 is 2.71 bits per heavy atom. The van der Waals surface area contributed by atoms with Gasteiger partial charge in [0.05, 0.1) is 18.4 Å². The summed E-state index contributed by atoms with van der Waals surface area (Å²) in [6.07, 6.45) is 1.94. The molecule has 0 bridgehead atoms. The van der Waals surface area contributed by atoms with E-state index in [0.29, 0.717) is 17.5 Å². The van der Waals surface area contributed by atoms with E-state index in [4.69, 9.17) is 16.3 Å². The number of halogens is 1. The lowest BCUT2D eigenvalue weighted by atomic mass is 10.1. The molecule has 0 saturated heterocycles. The molecule has 1 rings (SSSR count). The van der Waals surface area contributed by atoms with E-state index in [1.54, 1.807) is 12.3 Å². The van der Waals surface area contributed by atoms with Crippen LogP contribution in [-0.2, 0) is 11.3 Å². The summed E-state index contributed by atoms with van der Waals surface area (Å²) >= 11 is 5.83. The second-order valence-electron chi connectivity index (χ2n) is 3.73. The summed E-state index contributed by atoms with van der Waals surface area (Å²) in [7, 11) is 0. The summed E-state index contributed by atoms with van der Waals surface area (Å²) < 4.78 is 5.62. The smallest absolute Gasteiger partial charge is 0.0892 e. The average Bonchev–Trinajstić information content (AvgIpc) is 2.14. The van der Waals surface area contributed by atoms with Gasteiger partial charge >= 0.3 is 0 Å². The van der Waals surface area contributed by atoms with Crippen molar-refractivity contribution in [2.45, 2.75) is 33.5 Å². The van der Waals surface area contributed by atoms with E-state index in [9.17, 15) is 0 Å². The van der Waals surface area contributed by atoms with E-state index >= 15 is 0 Å². The molecule has 0 aliphatic heterocycles. The van der Waals surface area contributed by atoms with Crippen LogP contribution in [0, 0.1) is 5.92 Å². The molecule has 1 atom stereocenters. The summed E-state index contributed by atoms with van der Waals surface area (Å²) in [5.41, 5.74) is 0.880. The van der Waals surface area contributed by atoms with Crippen molar-refractivity contribution in [1.82, 2.24) is 4.98 Å². The first-order valence-electron chi connectivity index (χ1n) is 4.81.